The summed E-state index contributed by atoms with van der Waals surface area (Å²) in [6, 6.07) is 3.67. The Hall–Kier alpha value is -1.51. The minimum atomic E-state index is 0.692. The number of furan rings is 1. The molecule has 2 rings (SSSR count). The number of hydrogen-bond donors (Lipinski definition) is 0. The van der Waals surface area contributed by atoms with Crippen LogP contribution in [0.25, 0.3) is 11.5 Å². The summed E-state index contributed by atoms with van der Waals surface area (Å²) in [4.78, 5) is 4.06. The molecule has 0 aliphatic carbocycles. The smallest absolute Gasteiger partial charge is 0.194 e. The lowest BCUT2D eigenvalue weighted by Crippen LogP contribution is -1.73. The average molecular weight is 163 g/mol. The van der Waals surface area contributed by atoms with Crippen LogP contribution in [0.1, 0.15) is 12.8 Å². The topological polar surface area (TPSA) is 39.2 Å². The van der Waals surface area contributed by atoms with Crippen LogP contribution in [0.4, 0.5) is 0 Å². The molecule has 62 valence electrons. The van der Waals surface area contributed by atoms with Gasteiger partial charge in [0.1, 0.15) is 0 Å². The fraction of sp³-hybridized carbons (Fsp3) is 0.222. The minimum absolute atomic E-state index is 0.692. The van der Waals surface area contributed by atoms with E-state index < -0.39 is 0 Å². The van der Waals surface area contributed by atoms with Crippen molar-refractivity contribution in [2.75, 3.05) is 0 Å². The predicted molar refractivity (Wildman–Crippen MR) is 43.6 cm³/mol. The van der Waals surface area contributed by atoms with E-state index in [-0.39, 0.29) is 0 Å². The van der Waals surface area contributed by atoms with Gasteiger partial charge in [-0.3, -0.25) is 0 Å². The zero-order chi connectivity index (χ0) is 8.39. The Balaban J connectivity index is 2.35. The molecule has 2 heterocycles. The fourth-order valence-electron chi connectivity index (χ4n) is 1.01. The lowest BCUT2D eigenvalue weighted by molar-refractivity contribution is 0.487. The van der Waals surface area contributed by atoms with E-state index in [1.54, 1.807) is 12.5 Å². The largest absolute Gasteiger partial charge is 0.461 e. The quantitative estimate of drug-likeness (QED) is 0.682. The van der Waals surface area contributed by atoms with Gasteiger partial charge in [0.25, 0.3) is 0 Å². The first kappa shape index (κ1) is 7.16. The van der Waals surface area contributed by atoms with Crippen LogP contribution in [0.2, 0.25) is 0 Å². The molecule has 0 N–H and O–H groups in total. The third-order valence-electron chi connectivity index (χ3n) is 1.62. The van der Waals surface area contributed by atoms with E-state index in [0.717, 1.165) is 18.1 Å². The van der Waals surface area contributed by atoms with Crippen molar-refractivity contribution in [1.29, 1.82) is 0 Å². The first-order chi connectivity index (χ1) is 5.90. The third-order valence-corrected chi connectivity index (χ3v) is 1.62. The summed E-state index contributed by atoms with van der Waals surface area (Å²) in [7, 11) is 0. The van der Waals surface area contributed by atoms with Crippen LogP contribution in [0.3, 0.4) is 0 Å². The molecule has 0 saturated heterocycles. The molecule has 0 saturated carbocycles. The summed E-state index contributed by atoms with van der Waals surface area (Å²) < 4.78 is 10.5. The molecule has 0 atom stereocenters. The Labute approximate surface area is 70.0 Å². The van der Waals surface area contributed by atoms with Crippen molar-refractivity contribution in [2.45, 2.75) is 13.3 Å². The van der Waals surface area contributed by atoms with Crippen LogP contribution >= 0.6 is 0 Å². The van der Waals surface area contributed by atoms with Gasteiger partial charge in [0.05, 0.1) is 12.5 Å². The van der Waals surface area contributed by atoms with Crippen molar-refractivity contribution in [3.63, 3.8) is 0 Å². The molecule has 3 nitrogen and oxygen atoms in total. The maximum absolute atomic E-state index is 5.37. The molecule has 0 radical (unpaired) electrons. The van der Waals surface area contributed by atoms with Gasteiger partial charge in [-0.2, -0.15) is 0 Å². The highest BCUT2D eigenvalue weighted by Crippen LogP contribution is 2.20. The summed E-state index contributed by atoms with van der Waals surface area (Å²) in [5.74, 6) is 2.15. The average Bonchev–Trinajstić information content (AvgIpc) is 2.75. The van der Waals surface area contributed by atoms with Crippen molar-refractivity contribution in [3.05, 3.63) is 30.5 Å². The normalized spacial score (nSPS) is 10.4. The van der Waals surface area contributed by atoms with E-state index in [9.17, 15) is 0 Å². The molecule has 0 aliphatic heterocycles. The van der Waals surface area contributed by atoms with Crippen LogP contribution in [0.5, 0.6) is 0 Å². The SMILES string of the molecule is CCc1ncc(-c2ccco2)o1. The summed E-state index contributed by atoms with van der Waals surface area (Å²) in [6.45, 7) is 2.00. The van der Waals surface area contributed by atoms with Gasteiger partial charge < -0.3 is 8.83 Å². The second-order valence-corrected chi connectivity index (χ2v) is 2.45. The summed E-state index contributed by atoms with van der Waals surface area (Å²) in [5.41, 5.74) is 0. The molecule has 0 aliphatic rings. The van der Waals surface area contributed by atoms with Crippen LogP contribution in [0.15, 0.2) is 33.4 Å². The number of nitrogens with zero attached hydrogens (tertiary/aromatic N) is 1. The number of aryl methyl sites for hydroxylation is 1. The molecular formula is C9H9NO2. The van der Waals surface area contributed by atoms with Crippen LogP contribution < -0.4 is 0 Å². The lowest BCUT2D eigenvalue weighted by Gasteiger charge is -1.86. The molecule has 0 unspecified atom stereocenters. The lowest BCUT2D eigenvalue weighted by atomic mass is 10.4. The Kier molecular flexibility index (Phi) is 1.70. The molecule has 2 aromatic rings. The van der Waals surface area contributed by atoms with E-state index in [4.69, 9.17) is 8.83 Å². The van der Waals surface area contributed by atoms with Gasteiger partial charge in [-0.1, -0.05) is 6.92 Å². The third kappa shape index (κ3) is 1.13. The highest BCUT2D eigenvalue weighted by Gasteiger charge is 2.06. The molecule has 2 aromatic heterocycles. The van der Waals surface area contributed by atoms with Crippen molar-refractivity contribution < 1.29 is 8.83 Å². The van der Waals surface area contributed by atoms with Crippen LogP contribution in [-0.2, 0) is 6.42 Å². The standard InChI is InChI=1S/C9H9NO2/c1-2-9-10-6-8(12-9)7-4-3-5-11-7/h3-6H,2H2,1H3. The second-order valence-electron chi connectivity index (χ2n) is 2.45. The minimum Gasteiger partial charge on any atom is -0.461 e. The van der Waals surface area contributed by atoms with Crippen molar-refractivity contribution in [3.8, 4) is 11.5 Å². The highest BCUT2D eigenvalue weighted by atomic mass is 16.4. The van der Waals surface area contributed by atoms with Gasteiger partial charge in [-0.15, -0.1) is 0 Å². The molecule has 3 heteroatoms. The Morgan fingerprint density at radius 3 is 2.92 bits per heavy atom. The molecule has 0 bridgehead atoms. The van der Waals surface area contributed by atoms with E-state index in [1.807, 2.05) is 19.1 Å². The number of oxazole rings is 1. The van der Waals surface area contributed by atoms with Crippen molar-refractivity contribution >= 4 is 0 Å². The van der Waals surface area contributed by atoms with E-state index in [0.29, 0.717) is 5.76 Å². The van der Waals surface area contributed by atoms with Crippen LogP contribution in [0, 0.1) is 0 Å². The van der Waals surface area contributed by atoms with Crippen molar-refractivity contribution in [1.82, 2.24) is 4.98 Å². The monoisotopic (exact) mass is 163 g/mol. The molecule has 0 amide bonds. The van der Waals surface area contributed by atoms with Gasteiger partial charge in [0.2, 0.25) is 0 Å². The number of hydrogen-bond acceptors (Lipinski definition) is 3. The van der Waals surface area contributed by atoms with E-state index in [1.165, 1.54) is 0 Å². The molecule has 0 fully saturated rings. The number of aromatic nitrogens is 1. The molecule has 12 heavy (non-hydrogen) atoms. The fourth-order valence-corrected chi connectivity index (χ4v) is 1.01. The highest BCUT2D eigenvalue weighted by molar-refractivity contribution is 5.47. The Morgan fingerprint density at radius 1 is 1.42 bits per heavy atom. The van der Waals surface area contributed by atoms with Crippen LogP contribution in [-0.4, -0.2) is 4.98 Å². The first-order valence-corrected chi connectivity index (χ1v) is 3.88. The Morgan fingerprint density at radius 2 is 2.33 bits per heavy atom. The van der Waals surface area contributed by atoms with Gasteiger partial charge in [-0.25, -0.2) is 4.98 Å². The molecular weight excluding hydrogens is 154 g/mol. The zero-order valence-electron chi connectivity index (χ0n) is 6.78. The van der Waals surface area contributed by atoms with Gasteiger partial charge in [0.15, 0.2) is 17.4 Å². The molecule has 0 aromatic carbocycles. The molecule has 0 spiro atoms. The first-order valence-electron chi connectivity index (χ1n) is 3.88. The summed E-state index contributed by atoms with van der Waals surface area (Å²) >= 11 is 0. The van der Waals surface area contributed by atoms with Gasteiger partial charge in [-0.05, 0) is 12.1 Å². The van der Waals surface area contributed by atoms with Crippen molar-refractivity contribution in [2.24, 2.45) is 0 Å². The zero-order valence-corrected chi connectivity index (χ0v) is 6.78. The maximum atomic E-state index is 5.37. The van der Waals surface area contributed by atoms with E-state index >= 15 is 0 Å². The summed E-state index contributed by atoms with van der Waals surface area (Å²) in [5, 5.41) is 0. The van der Waals surface area contributed by atoms with Gasteiger partial charge >= 0.3 is 0 Å². The predicted octanol–water partition coefficient (Wildman–Crippen LogP) is 2.50. The second kappa shape index (κ2) is 2.85. The maximum Gasteiger partial charge on any atom is 0.194 e. The van der Waals surface area contributed by atoms with Gasteiger partial charge in [0, 0.05) is 6.42 Å². The Bertz CT molecular complexity index is 348. The summed E-state index contributed by atoms with van der Waals surface area (Å²) in [6.07, 6.45) is 4.10. The number of rotatable bonds is 2. The van der Waals surface area contributed by atoms with E-state index in [2.05, 4.69) is 4.98 Å².